The first-order valence-corrected chi connectivity index (χ1v) is 4.84. The summed E-state index contributed by atoms with van der Waals surface area (Å²) in [5.41, 5.74) is 0.716. The van der Waals surface area contributed by atoms with Crippen LogP contribution in [0.3, 0.4) is 0 Å². The molecule has 17 heavy (non-hydrogen) atoms. The quantitative estimate of drug-likeness (QED) is 0.799. The van der Waals surface area contributed by atoms with E-state index in [2.05, 4.69) is 0 Å². The lowest BCUT2D eigenvalue weighted by Gasteiger charge is -2.11. The van der Waals surface area contributed by atoms with E-state index in [1.807, 2.05) is 0 Å². The van der Waals surface area contributed by atoms with Crippen LogP contribution in [-0.4, -0.2) is 31.9 Å². The van der Waals surface area contributed by atoms with E-state index in [0.29, 0.717) is 16.9 Å². The molecule has 92 valence electrons. The summed E-state index contributed by atoms with van der Waals surface area (Å²) in [6.07, 6.45) is 0.973. The van der Waals surface area contributed by atoms with Gasteiger partial charge in [-0.2, -0.15) is 0 Å². The lowest BCUT2D eigenvalue weighted by atomic mass is 10.0. The molecule has 5 heteroatoms. The molecule has 1 aromatic carbocycles. The van der Waals surface area contributed by atoms with Crippen molar-refractivity contribution in [3.63, 3.8) is 0 Å². The molecule has 0 amide bonds. The Hall–Kier alpha value is -1.88. The van der Waals surface area contributed by atoms with E-state index < -0.39 is 11.8 Å². The highest BCUT2D eigenvalue weighted by molar-refractivity contribution is 5.91. The van der Waals surface area contributed by atoms with Gasteiger partial charge in [-0.1, -0.05) is 0 Å². The van der Waals surface area contributed by atoms with Gasteiger partial charge in [-0.15, -0.1) is 0 Å². The van der Waals surface area contributed by atoms with E-state index in [1.54, 1.807) is 0 Å². The van der Waals surface area contributed by atoms with Crippen LogP contribution in [-0.2, 0) is 9.53 Å². The maximum absolute atomic E-state index is 13.2. The van der Waals surface area contributed by atoms with Crippen molar-refractivity contribution >= 4 is 11.5 Å². The third-order valence-electron chi connectivity index (χ3n) is 2.11. The van der Waals surface area contributed by atoms with Crippen LogP contribution in [0.2, 0.25) is 0 Å². The van der Waals surface area contributed by atoms with Crippen LogP contribution in [0.15, 0.2) is 24.3 Å². The summed E-state index contributed by atoms with van der Waals surface area (Å²) in [5.74, 6) is -1.19. The first-order valence-electron chi connectivity index (χ1n) is 4.84. The number of hydrogen-bond acceptors (Lipinski definition) is 3. The highest BCUT2D eigenvalue weighted by Crippen LogP contribution is 2.27. The SMILES string of the molecule is COC/C(=C\C(=O)O)c1cc(F)ccc1OC. The standard InChI is InChI=1S/C12H13FO4/c1-16-7-8(5-12(14)15)10-6-9(13)3-4-11(10)17-2/h3-6H,7H2,1-2H3,(H,14,15)/b8-5+. The zero-order valence-corrected chi connectivity index (χ0v) is 9.57. The molecule has 0 fully saturated rings. The van der Waals surface area contributed by atoms with Crippen molar-refractivity contribution in [3.8, 4) is 5.75 Å². The zero-order valence-electron chi connectivity index (χ0n) is 9.57. The summed E-state index contributed by atoms with van der Waals surface area (Å²) >= 11 is 0. The molecule has 0 spiro atoms. The van der Waals surface area contributed by atoms with Gasteiger partial charge in [0, 0.05) is 18.7 Å². The lowest BCUT2D eigenvalue weighted by molar-refractivity contribution is -0.131. The van der Waals surface area contributed by atoms with Crippen molar-refractivity contribution in [2.24, 2.45) is 0 Å². The molecule has 1 N–H and O–H groups in total. The summed E-state index contributed by atoms with van der Waals surface area (Å²) in [5, 5.41) is 8.74. The first-order chi connectivity index (χ1) is 8.08. The van der Waals surface area contributed by atoms with E-state index in [0.717, 1.165) is 6.08 Å². The van der Waals surface area contributed by atoms with Crippen molar-refractivity contribution in [2.45, 2.75) is 0 Å². The summed E-state index contributed by atoms with van der Waals surface area (Å²) < 4.78 is 23.1. The Bertz CT molecular complexity index is 440. The van der Waals surface area contributed by atoms with Gasteiger partial charge in [-0.05, 0) is 23.8 Å². The van der Waals surface area contributed by atoms with Gasteiger partial charge in [0.2, 0.25) is 0 Å². The Balaban J connectivity index is 3.25. The number of benzene rings is 1. The second-order valence-corrected chi connectivity index (χ2v) is 3.29. The highest BCUT2D eigenvalue weighted by atomic mass is 19.1. The Morgan fingerprint density at radius 1 is 1.47 bits per heavy atom. The maximum Gasteiger partial charge on any atom is 0.328 e. The largest absolute Gasteiger partial charge is 0.496 e. The molecule has 0 radical (unpaired) electrons. The number of hydrogen-bond donors (Lipinski definition) is 1. The van der Waals surface area contributed by atoms with E-state index >= 15 is 0 Å². The van der Waals surface area contributed by atoms with Crippen LogP contribution in [0, 0.1) is 5.82 Å². The molecule has 0 heterocycles. The summed E-state index contributed by atoms with van der Waals surface area (Å²) in [6.45, 7) is 0.0616. The molecule has 0 atom stereocenters. The Labute approximate surface area is 98.3 Å². The van der Waals surface area contributed by atoms with Gasteiger partial charge in [-0.3, -0.25) is 0 Å². The second-order valence-electron chi connectivity index (χ2n) is 3.29. The Kier molecular flexibility index (Phi) is 4.66. The number of carbonyl (C=O) groups is 1. The van der Waals surface area contributed by atoms with Gasteiger partial charge in [0.1, 0.15) is 11.6 Å². The lowest BCUT2D eigenvalue weighted by Crippen LogP contribution is -2.01. The molecule has 1 rings (SSSR count). The average molecular weight is 240 g/mol. The first kappa shape index (κ1) is 13.2. The van der Waals surface area contributed by atoms with Gasteiger partial charge in [0.15, 0.2) is 0 Å². The molecule has 0 aliphatic carbocycles. The van der Waals surface area contributed by atoms with Crippen LogP contribution in [0.1, 0.15) is 5.56 Å². The fourth-order valence-electron chi connectivity index (χ4n) is 1.43. The molecule has 4 nitrogen and oxygen atoms in total. The minimum atomic E-state index is -1.12. The predicted molar refractivity (Wildman–Crippen MR) is 60.4 cm³/mol. The van der Waals surface area contributed by atoms with Crippen LogP contribution in [0.25, 0.3) is 5.57 Å². The topological polar surface area (TPSA) is 55.8 Å². The smallest absolute Gasteiger partial charge is 0.328 e. The minimum Gasteiger partial charge on any atom is -0.496 e. The summed E-state index contributed by atoms with van der Waals surface area (Å²) in [4.78, 5) is 10.7. The van der Waals surface area contributed by atoms with Crippen molar-refractivity contribution in [2.75, 3.05) is 20.8 Å². The average Bonchev–Trinajstić information content (AvgIpc) is 2.28. The number of methoxy groups -OCH3 is 2. The van der Waals surface area contributed by atoms with E-state index in [-0.39, 0.29) is 6.61 Å². The minimum absolute atomic E-state index is 0.0616. The predicted octanol–water partition coefficient (Wildman–Crippen LogP) is 1.95. The molecule has 0 aromatic heterocycles. The molecule has 0 bridgehead atoms. The van der Waals surface area contributed by atoms with E-state index in [9.17, 15) is 9.18 Å². The molecule has 0 aliphatic heterocycles. The summed E-state index contributed by atoms with van der Waals surface area (Å²) in [6, 6.07) is 3.90. The highest BCUT2D eigenvalue weighted by Gasteiger charge is 2.11. The third kappa shape index (κ3) is 3.57. The fraction of sp³-hybridized carbons (Fsp3) is 0.250. The van der Waals surface area contributed by atoms with Crippen LogP contribution >= 0.6 is 0 Å². The third-order valence-corrected chi connectivity index (χ3v) is 2.11. The molecular weight excluding hydrogens is 227 g/mol. The van der Waals surface area contributed by atoms with Gasteiger partial charge >= 0.3 is 5.97 Å². The van der Waals surface area contributed by atoms with Crippen molar-refractivity contribution < 1.29 is 23.8 Å². The molecule has 0 aliphatic rings. The molecule has 0 unspecified atom stereocenters. The van der Waals surface area contributed by atoms with E-state index in [1.165, 1.54) is 32.4 Å². The fourth-order valence-corrected chi connectivity index (χ4v) is 1.43. The number of carboxylic acid groups (broad SMARTS) is 1. The van der Waals surface area contributed by atoms with Crippen LogP contribution < -0.4 is 4.74 Å². The molecule has 0 saturated heterocycles. The van der Waals surface area contributed by atoms with Gasteiger partial charge < -0.3 is 14.6 Å². The van der Waals surface area contributed by atoms with Gasteiger partial charge in [0.25, 0.3) is 0 Å². The number of halogens is 1. The molecular formula is C12H13FO4. The number of aliphatic carboxylic acids is 1. The molecule has 0 saturated carbocycles. The van der Waals surface area contributed by atoms with Crippen LogP contribution in [0.4, 0.5) is 4.39 Å². The molecule has 1 aromatic rings. The Morgan fingerprint density at radius 2 is 2.18 bits per heavy atom. The normalized spacial score (nSPS) is 11.4. The maximum atomic E-state index is 13.2. The van der Waals surface area contributed by atoms with Gasteiger partial charge in [0.05, 0.1) is 13.7 Å². The monoisotopic (exact) mass is 240 g/mol. The zero-order chi connectivity index (χ0) is 12.8. The Morgan fingerprint density at radius 3 is 2.71 bits per heavy atom. The summed E-state index contributed by atoms with van der Waals surface area (Å²) in [7, 11) is 2.86. The van der Waals surface area contributed by atoms with Crippen LogP contribution in [0.5, 0.6) is 5.75 Å². The van der Waals surface area contributed by atoms with Crippen molar-refractivity contribution in [3.05, 3.63) is 35.7 Å². The van der Waals surface area contributed by atoms with E-state index in [4.69, 9.17) is 14.6 Å². The van der Waals surface area contributed by atoms with Gasteiger partial charge in [-0.25, -0.2) is 9.18 Å². The number of carboxylic acids is 1. The number of rotatable bonds is 5. The second kappa shape index (κ2) is 6.00. The number of ether oxygens (including phenoxy) is 2. The van der Waals surface area contributed by atoms with Crippen molar-refractivity contribution in [1.82, 2.24) is 0 Å². The van der Waals surface area contributed by atoms with Crippen molar-refractivity contribution in [1.29, 1.82) is 0 Å².